The Labute approximate surface area is 141 Å². The van der Waals surface area contributed by atoms with E-state index in [4.69, 9.17) is 0 Å². The zero-order chi connectivity index (χ0) is 17.2. The number of piperazine rings is 1. The van der Waals surface area contributed by atoms with Crippen LogP contribution in [-0.4, -0.2) is 45.8 Å². The highest BCUT2D eigenvalue weighted by Crippen LogP contribution is 2.20. The Hall–Kier alpha value is -2.35. The molecule has 1 saturated heterocycles. The van der Waals surface area contributed by atoms with Crippen LogP contribution in [0.1, 0.15) is 0 Å². The van der Waals surface area contributed by atoms with Crippen LogP contribution in [0.25, 0.3) is 0 Å². The standard InChI is InChI=1S/C16H19FN4O2S/c1-24(22,23)19-14-4-7-16(18-12-14)21-10-8-20(9-11-21)15-5-2-13(17)3-6-15/h2-7,12,19H,8-11H2,1H3. The fraction of sp³-hybridized carbons (Fsp3) is 0.312. The van der Waals surface area contributed by atoms with Crippen molar-refractivity contribution in [1.29, 1.82) is 0 Å². The van der Waals surface area contributed by atoms with E-state index in [-0.39, 0.29) is 5.82 Å². The first-order chi connectivity index (χ1) is 11.4. The fourth-order valence-electron chi connectivity index (χ4n) is 2.69. The van der Waals surface area contributed by atoms with Gasteiger partial charge in [-0.1, -0.05) is 0 Å². The Morgan fingerprint density at radius 3 is 2.17 bits per heavy atom. The van der Waals surface area contributed by atoms with Crippen LogP contribution in [0, 0.1) is 5.82 Å². The van der Waals surface area contributed by atoms with E-state index >= 15 is 0 Å². The van der Waals surface area contributed by atoms with Crippen LogP contribution in [0.5, 0.6) is 0 Å². The van der Waals surface area contributed by atoms with Crippen molar-refractivity contribution < 1.29 is 12.8 Å². The van der Waals surface area contributed by atoms with Gasteiger partial charge in [-0.3, -0.25) is 4.72 Å². The maximum absolute atomic E-state index is 13.0. The van der Waals surface area contributed by atoms with Crippen LogP contribution in [0.15, 0.2) is 42.6 Å². The average molecular weight is 350 g/mol. The number of pyridine rings is 1. The van der Waals surface area contributed by atoms with Gasteiger partial charge in [0.1, 0.15) is 11.6 Å². The maximum Gasteiger partial charge on any atom is 0.229 e. The third-order valence-corrected chi connectivity index (χ3v) is 4.45. The first kappa shape index (κ1) is 16.5. The molecule has 0 amide bonds. The molecule has 0 bridgehead atoms. The van der Waals surface area contributed by atoms with E-state index in [1.54, 1.807) is 24.3 Å². The molecular weight excluding hydrogens is 331 g/mol. The number of sulfonamides is 1. The predicted octanol–water partition coefficient (Wildman–Crippen LogP) is 1.92. The summed E-state index contributed by atoms with van der Waals surface area (Å²) in [6.07, 6.45) is 2.62. The molecule has 1 aliphatic heterocycles. The molecular formula is C16H19FN4O2S. The molecule has 1 fully saturated rings. The van der Waals surface area contributed by atoms with Crippen molar-refractivity contribution >= 4 is 27.2 Å². The van der Waals surface area contributed by atoms with E-state index in [9.17, 15) is 12.8 Å². The summed E-state index contributed by atoms with van der Waals surface area (Å²) >= 11 is 0. The highest BCUT2D eigenvalue weighted by atomic mass is 32.2. The quantitative estimate of drug-likeness (QED) is 0.913. The van der Waals surface area contributed by atoms with Gasteiger partial charge in [0, 0.05) is 31.9 Å². The zero-order valence-corrected chi connectivity index (χ0v) is 14.1. The van der Waals surface area contributed by atoms with Crippen LogP contribution in [-0.2, 0) is 10.0 Å². The number of aromatic nitrogens is 1. The first-order valence-electron chi connectivity index (χ1n) is 7.60. The molecule has 8 heteroatoms. The molecule has 6 nitrogen and oxygen atoms in total. The summed E-state index contributed by atoms with van der Waals surface area (Å²) in [5, 5.41) is 0. The summed E-state index contributed by atoms with van der Waals surface area (Å²) in [7, 11) is -3.29. The van der Waals surface area contributed by atoms with Gasteiger partial charge in [-0.2, -0.15) is 0 Å². The van der Waals surface area contributed by atoms with Gasteiger partial charge in [0.25, 0.3) is 0 Å². The molecule has 128 valence electrons. The second-order valence-electron chi connectivity index (χ2n) is 5.73. The topological polar surface area (TPSA) is 65.5 Å². The molecule has 24 heavy (non-hydrogen) atoms. The summed E-state index contributed by atoms with van der Waals surface area (Å²) < 4.78 is 37.8. The maximum atomic E-state index is 13.0. The monoisotopic (exact) mass is 350 g/mol. The van der Waals surface area contributed by atoms with E-state index in [0.717, 1.165) is 43.9 Å². The number of benzene rings is 1. The minimum atomic E-state index is -3.29. The lowest BCUT2D eigenvalue weighted by atomic mass is 10.2. The lowest BCUT2D eigenvalue weighted by Gasteiger charge is -2.36. The Kier molecular flexibility index (Phi) is 4.57. The molecule has 2 aromatic rings. The minimum Gasteiger partial charge on any atom is -0.368 e. The summed E-state index contributed by atoms with van der Waals surface area (Å²) in [5.41, 5.74) is 1.46. The van der Waals surface area contributed by atoms with E-state index in [0.29, 0.717) is 5.69 Å². The molecule has 1 aromatic heterocycles. The van der Waals surface area contributed by atoms with Crippen molar-refractivity contribution in [2.75, 3.05) is 47.0 Å². The first-order valence-corrected chi connectivity index (χ1v) is 9.49. The summed E-state index contributed by atoms with van der Waals surface area (Å²) in [5.74, 6) is 0.581. The van der Waals surface area contributed by atoms with Crippen molar-refractivity contribution in [3.63, 3.8) is 0 Å². The molecule has 1 N–H and O–H groups in total. The summed E-state index contributed by atoms with van der Waals surface area (Å²) in [4.78, 5) is 8.67. The number of hydrogen-bond acceptors (Lipinski definition) is 5. The van der Waals surface area contributed by atoms with Crippen molar-refractivity contribution in [3.05, 3.63) is 48.4 Å². The van der Waals surface area contributed by atoms with E-state index in [2.05, 4.69) is 19.5 Å². The highest BCUT2D eigenvalue weighted by Gasteiger charge is 2.18. The molecule has 1 aliphatic rings. The second-order valence-corrected chi connectivity index (χ2v) is 7.48. The van der Waals surface area contributed by atoms with E-state index in [1.807, 2.05) is 0 Å². The number of hydrogen-bond donors (Lipinski definition) is 1. The number of anilines is 3. The van der Waals surface area contributed by atoms with Gasteiger partial charge in [0.2, 0.25) is 10.0 Å². The number of nitrogens with one attached hydrogen (secondary N) is 1. The molecule has 0 radical (unpaired) electrons. The molecule has 0 spiro atoms. The average Bonchev–Trinajstić information content (AvgIpc) is 2.55. The predicted molar refractivity (Wildman–Crippen MR) is 93.5 cm³/mol. The minimum absolute atomic E-state index is 0.232. The second kappa shape index (κ2) is 6.64. The van der Waals surface area contributed by atoms with E-state index < -0.39 is 10.0 Å². The lowest BCUT2D eigenvalue weighted by Crippen LogP contribution is -2.46. The van der Waals surface area contributed by atoms with Gasteiger partial charge in [0.15, 0.2) is 0 Å². The molecule has 0 aliphatic carbocycles. The Morgan fingerprint density at radius 2 is 1.62 bits per heavy atom. The third-order valence-electron chi connectivity index (χ3n) is 3.85. The Bertz CT molecular complexity index is 786. The summed E-state index contributed by atoms with van der Waals surface area (Å²) in [6.45, 7) is 3.22. The SMILES string of the molecule is CS(=O)(=O)Nc1ccc(N2CCN(c3ccc(F)cc3)CC2)nc1. The zero-order valence-electron chi connectivity index (χ0n) is 13.3. The molecule has 0 saturated carbocycles. The largest absolute Gasteiger partial charge is 0.368 e. The van der Waals surface area contributed by atoms with Gasteiger partial charge >= 0.3 is 0 Å². The van der Waals surface area contributed by atoms with Crippen molar-refractivity contribution in [2.24, 2.45) is 0 Å². The van der Waals surface area contributed by atoms with Crippen LogP contribution in [0.3, 0.4) is 0 Å². The van der Waals surface area contributed by atoms with Gasteiger partial charge in [-0.05, 0) is 36.4 Å². The molecule has 0 unspecified atom stereocenters. The summed E-state index contributed by atoms with van der Waals surface area (Å²) in [6, 6.07) is 10.0. The van der Waals surface area contributed by atoms with Gasteiger partial charge in [-0.25, -0.2) is 17.8 Å². The van der Waals surface area contributed by atoms with Gasteiger partial charge in [0.05, 0.1) is 18.1 Å². The molecule has 2 heterocycles. The van der Waals surface area contributed by atoms with Crippen LogP contribution in [0.4, 0.5) is 21.6 Å². The number of halogens is 1. The van der Waals surface area contributed by atoms with E-state index in [1.165, 1.54) is 18.3 Å². The van der Waals surface area contributed by atoms with Gasteiger partial charge in [-0.15, -0.1) is 0 Å². The lowest BCUT2D eigenvalue weighted by molar-refractivity contribution is 0.606. The molecule has 3 rings (SSSR count). The number of nitrogens with zero attached hydrogens (tertiary/aromatic N) is 3. The Balaban J connectivity index is 1.61. The third kappa shape index (κ3) is 4.14. The van der Waals surface area contributed by atoms with Gasteiger partial charge < -0.3 is 9.80 Å². The smallest absolute Gasteiger partial charge is 0.229 e. The fourth-order valence-corrected chi connectivity index (χ4v) is 3.24. The van der Waals surface area contributed by atoms with Crippen LogP contribution < -0.4 is 14.5 Å². The van der Waals surface area contributed by atoms with Crippen molar-refractivity contribution in [3.8, 4) is 0 Å². The van der Waals surface area contributed by atoms with Crippen LogP contribution in [0.2, 0.25) is 0 Å². The highest BCUT2D eigenvalue weighted by molar-refractivity contribution is 7.92. The van der Waals surface area contributed by atoms with Crippen molar-refractivity contribution in [1.82, 2.24) is 4.98 Å². The number of rotatable bonds is 4. The van der Waals surface area contributed by atoms with Crippen LogP contribution >= 0.6 is 0 Å². The molecule has 0 atom stereocenters. The molecule has 1 aromatic carbocycles. The normalized spacial score (nSPS) is 15.4. The Morgan fingerprint density at radius 1 is 1.00 bits per heavy atom. The van der Waals surface area contributed by atoms with Crippen molar-refractivity contribution in [2.45, 2.75) is 0 Å².